The summed E-state index contributed by atoms with van der Waals surface area (Å²) in [5, 5.41) is 9.03. The van der Waals surface area contributed by atoms with Gasteiger partial charge in [0.25, 0.3) is 0 Å². The van der Waals surface area contributed by atoms with Gasteiger partial charge in [-0.2, -0.15) is 0 Å². The number of hydrogen-bond acceptors (Lipinski definition) is 3. The first kappa shape index (κ1) is 16.2. The SMILES string of the molecule is CCCC[C@H](CC(=O)NOCc1ccccc1)C(=O)O. The Labute approximate surface area is 118 Å². The molecule has 2 N–H and O–H groups in total. The van der Waals surface area contributed by atoms with E-state index < -0.39 is 17.8 Å². The summed E-state index contributed by atoms with van der Waals surface area (Å²) in [6, 6.07) is 9.42. The predicted octanol–water partition coefficient (Wildman–Crippen LogP) is 2.52. The molecule has 0 aliphatic rings. The monoisotopic (exact) mass is 279 g/mol. The molecule has 5 heteroatoms. The Morgan fingerprint density at radius 1 is 1.30 bits per heavy atom. The fourth-order valence-corrected chi connectivity index (χ4v) is 1.80. The molecule has 0 aliphatic carbocycles. The van der Waals surface area contributed by atoms with E-state index >= 15 is 0 Å². The van der Waals surface area contributed by atoms with Crippen molar-refractivity contribution >= 4 is 11.9 Å². The van der Waals surface area contributed by atoms with Gasteiger partial charge in [0.15, 0.2) is 0 Å². The Bertz CT molecular complexity index is 419. The molecule has 5 nitrogen and oxygen atoms in total. The van der Waals surface area contributed by atoms with Crippen LogP contribution in [-0.2, 0) is 21.0 Å². The number of aliphatic carboxylic acids is 1. The molecule has 0 saturated heterocycles. The van der Waals surface area contributed by atoms with Crippen molar-refractivity contribution in [1.29, 1.82) is 0 Å². The summed E-state index contributed by atoms with van der Waals surface area (Å²) in [4.78, 5) is 27.7. The van der Waals surface area contributed by atoms with Crippen molar-refractivity contribution in [3.05, 3.63) is 35.9 Å². The summed E-state index contributed by atoms with van der Waals surface area (Å²) < 4.78 is 0. The van der Waals surface area contributed by atoms with Crippen LogP contribution >= 0.6 is 0 Å². The Hall–Kier alpha value is -1.88. The highest BCUT2D eigenvalue weighted by molar-refractivity contribution is 5.81. The van der Waals surface area contributed by atoms with Gasteiger partial charge in [-0.1, -0.05) is 50.1 Å². The zero-order valence-electron chi connectivity index (χ0n) is 11.7. The number of benzene rings is 1. The topological polar surface area (TPSA) is 75.6 Å². The molecule has 20 heavy (non-hydrogen) atoms. The maximum Gasteiger partial charge on any atom is 0.307 e. The number of carbonyl (C=O) groups is 2. The third-order valence-electron chi connectivity index (χ3n) is 2.95. The molecule has 1 rings (SSSR count). The van der Waals surface area contributed by atoms with E-state index in [2.05, 4.69) is 5.48 Å². The fourth-order valence-electron chi connectivity index (χ4n) is 1.80. The molecule has 0 fully saturated rings. The summed E-state index contributed by atoms with van der Waals surface area (Å²) in [5.41, 5.74) is 3.23. The maximum atomic E-state index is 11.6. The minimum absolute atomic E-state index is 0.0515. The number of rotatable bonds is 9. The molecular weight excluding hydrogens is 258 g/mol. The number of carboxylic acids is 1. The lowest BCUT2D eigenvalue weighted by molar-refractivity contribution is -0.147. The molecule has 0 aliphatic heterocycles. The highest BCUT2D eigenvalue weighted by Gasteiger charge is 2.20. The van der Waals surface area contributed by atoms with Crippen molar-refractivity contribution in [2.75, 3.05) is 0 Å². The minimum atomic E-state index is -0.934. The van der Waals surface area contributed by atoms with Gasteiger partial charge in [0.2, 0.25) is 5.91 Å². The molecule has 0 unspecified atom stereocenters. The van der Waals surface area contributed by atoms with Crippen LogP contribution in [0.15, 0.2) is 30.3 Å². The summed E-state index contributed by atoms with van der Waals surface area (Å²) >= 11 is 0. The first-order valence-electron chi connectivity index (χ1n) is 6.80. The van der Waals surface area contributed by atoms with E-state index in [9.17, 15) is 9.59 Å². The van der Waals surface area contributed by atoms with Crippen molar-refractivity contribution in [3.63, 3.8) is 0 Å². The zero-order chi connectivity index (χ0) is 14.8. The molecule has 1 aromatic carbocycles. The average Bonchev–Trinajstić information content (AvgIpc) is 2.44. The van der Waals surface area contributed by atoms with E-state index in [0.29, 0.717) is 6.42 Å². The van der Waals surface area contributed by atoms with Gasteiger partial charge in [-0.25, -0.2) is 5.48 Å². The minimum Gasteiger partial charge on any atom is -0.481 e. The molecule has 0 spiro atoms. The predicted molar refractivity (Wildman–Crippen MR) is 74.6 cm³/mol. The second-order valence-electron chi connectivity index (χ2n) is 4.68. The third-order valence-corrected chi connectivity index (χ3v) is 2.95. The van der Waals surface area contributed by atoms with Gasteiger partial charge < -0.3 is 5.11 Å². The van der Waals surface area contributed by atoms with E-state index in [-0.39, 0.29) is 13.0 Å². The van der Waals surface area contributed by atoms with Crippen LogP contribution in [0.3, 0.4) is 0 Å². The highest BCUT2D eigenvalue weighted by Crippen LogP contribution is 2.13. The molecule has 1 amide bonds. The zero-order valence-corrected chi connectivity index (χ0v) is 11.7. The summed E-state index contributed by atoms with van der Waals surface area (Å²) in [6.45, 7) is 2.25. The second kappa shape index (κ2) is 9.09. The van der Waals surface area contributed by atoms with Crippen LogP contribution in [0.4, 0.5) is 0 Å². The molecule has 1 atom stereocenters. The summed E-state index contributed by atoms with van der Waals surface area (Å²) in [6.07, 6.45) is 2.17. The Balaban J connectivity index is 2.29. The first-order valence-corrected chi connectivity index (χ1v) is 6.80. The summed E-state index contributed by atoms with van der Waals surface area (Å²) in [5.74, 6) is -1.98. The summed E-state index contributed by atoms with van der Waals surface area (Å²) in [7, 11) is 0. The van der Waals surface area contributed by atoms with Gasteiger partial charge in [-0.05, 0) is 12.0 Å². The van der Waals surface area contributed by atoms with Crippen LogP contribution in [0.25, 0.3) is 0 Å². The fraction of sp³-hybridized carbons (Fsp3) is 0.467. The third kappa shape index (κ3) is 6.33. The van der Waals surface area contributed by atoms with Gasteiger partial charge in [0, 0.05) is 6.42 Å². The number of unbranched alkanes of at least 4 members (excludes halogenated alkanes) is 1. The number of carboxylic acid groups (broad SMARTS) is 1. The van der Waals surface area contributed by atoms with E-state index in [1.807, 2.05) is 37.3 Å². The van der Waals surface area contributed by atoms with Crippen molar-refractivity contribution in [3.8, 4) is 0 Å². The van der Waals surface area contributed by atoms with Crippen LogP contribution < -0.4 is 5.48 Å². The molecule has 0 radical (unpaired) electrons. The van der Waals surface area contributed by atoms with Gasteiger partial charge >= 0.3 is 5.97 Å². The van der Waals surface area contributed by atoms with Crippen LogP contribution in [0.2, 0.25) is 0 Å². The number of hydrogen-bond donors (Lipinski definition) is 2. The largest absolute Gasteiger partial charge is 0.481 e. The molecule has 110 valence electrons. The van der Waals surface area contributed by atoms with Crippen molar-refractivity contribution in [2.24, 2.45) is 5.92 Å². The lowest BCUT2D eigenvalue weighted by Gasteiger charge is -2.11. The lowest BCUT2D eigenvalue weighted by Crippen LogP contribution is -2.28. The molecule has 0 heterocycles. The van der Waals surface area contributed by atoms with Crippen LogP contribution in [0, 0.1) is 5.92 Å². The van der Waals surface area contributed by atoms with Crippen molar-refractivity contribution in [1.82, 2.24) is 5.48 Å². The molecule has 0 bridgehead atoms. The maximum absolute atomic E-state index is 11.6. The van der Waals surface area contributed by atoms with Gasteiger partial charge in [-0.15, -0.1) is 0 Å². The number of hydroxylamine groups is 1. The van der Waals surface area contributed by atoms with Gasteiger partial charge in [0.1, 0.15) is 0 Å². The smallest absolute Gasteiger partial charge is 0.307 e. The highest BCUT2D eigenvalue weighted by atomic mass is 16.6. The van der Waals surface area contributed by atoms with Crippen molar-refractivity contribution < 1.29 is 19.5 Å². The molecule has 1 aromatic rings. The van der Waals surface area contributed by atoms with E-state index in [1.54, 1.807) is 0 Å². The molecular formula is C15H21NO4. The lowest BCUT2D eigenvalue weighted by atomic mass is 9.98. The second-order valence-corrected chi connectivity index (χ2v) is 4.68. The van der Waals surface area contributed by atoms with Gasteiger partial charge in [0.05, 0.1) is 12.5 Å². The van der Waals surface area contributed by atoms with E-state index in [1.165, 1.54) is 0 Å². The van der Waals surface area contributed by atoms with E-state index in [4.69, 9.17) is 9.94 Å². The number of nitrogens with one attached hydrogen (secondary N) is 1. The average molecular weight is 279 g/mol. The Morgan fingerprint density at radius 2 is 2.00 bits per heavy atom. The van der Waals surface area contributed by atoms with Gasteiger partial charge in [-0.3, -0.25) is 14.4 Å². The standard InChI is InChI=1S/C15H21NO4/c1-2-3-9-13(15(18)19)10-14(17)16-20-11-12-7-5-4-6-8-12/h4-8,13H,2-3,9-11H2,1H3,(H,16,17)(H,18,19)/t13-/m1/s1. The number of amides is 1. The van der Waals surface area contributed by atoms with Crippen LogP contribution in [-0.4, -0.2) is 17.0 Å². The van der Waals surface area contributed by atoms with Crippen molar-refractivity contribution in [2.45, 2.75) is 39.2 Å². The van der Waals surface area contributed by atoms with Crippen LogP contribution in [0.1, 0.15) is 38.2 Å². The first-order chi connectivity index (χ1) is 9.63. The normalized spacial score (nSPS) is 11.8. The molecule has 0 aromatic heterocycles. The Morgan fingerprint density at radius 3 is 2.60 bits per heavy atom. The Kier molecular flexibility index (Phi) is 7.35. The quantitative estimate of drug-likeness (QED) is 0.681. The van der Waals surface area contributed by atoms with E-state index in [0.717, 1.165) is 18.4 Å². The number of carbonyl (C=O) groups excluding carboxylic acids is 1. The van der Waals surface area contributed by atoms with Crippen LogP contribution in [0.5, 0.6) is 0 Å². The molecule has 0 saturated carbocycles.